The molecule has 4 saturated carbocycles. The third-order valence-corrected chi connectivity index (χ3v) is 26.2. The van der Waals surface area contributed by atoms with Crippen molar-refractivity contribution in [3.63, 3.8) is 0 Å². The monoisotopic (exact) mass is 690 g/mol. The molecule has 15 atom stereocenters. The van der Waals surface area contributed by atoms with Crippen molar-refractivity contribution >= 4 is 25.9 Å². The maximum absolute atomic E-state index is 7.61. The van der Waals surface area contributed by atoms with Gasteiger partial charge in [0.15, 0.2) is 17.4 Å². The van der Waals surface area contributed by atoms with E-state index in [0.717, 1.165) is 29.2 Å². The van der Waals surface area contributed by atoms with Crippen LogP contribution in [0.4, 0.5) is 0 Å². The predicted octanol–water partition coefficient (Wildman–Crippen LogP) is 8.63. The van der Waals surface area contributed by atoms with Crippen LogP contribution in [0.15, 0.2) is 0 Å². The minimum atomic E-state index is -2.33. The highest BCUT2D eigenvalue weighted by Crippen LogP contribution is 2.47. The van der Waals surface area contributed by atoms with Crippen LogP contribution in [0, 0.1) is 23.7 Å². The van der Waals surface area contributed by atoms with Gasteiger partial charge >= 0.3 is 8.56 Å². The Morgan fingerprint density at radius 3 is 1.80 bits per heavy atom. The first-order valence-electron chi connectivity index (χ1n) is 20.2. The first-order valence-corrected chi connectivity index (χ1v) is 28.1. The molecule has 0 radical (unpaired) electrons. The van der Waals surface area contributed by atoms with Crippen LogP contribution in [0.3, 0.4) is 0 Å². The van der Waals surface area contributed by atoms with E-state index in [9.17, 15) is 0 Å². The highest BCUT2D eigenvalue weighted by molar-refractivity contribution is 6.85. The molecule has 0 aromatic rings. The first-order chi connectivity index (χ1) is 22.2. The molecule has 9 rings (SSSR count). The summed E-state index contributed by atoms with van der Waals surface area (Å²) < 4.78 is 39.1. The molecule has 2 bridgehead atoms. The lowest BCUT2D eigenvalue weighted by molar-refractivity contribution is -0.186. The molecule has 0 amide bonds. The number of hydrogen-bond donors (Lipinski definition) is 0. The fourth-order valence-electron chi connectivity index (χ4n) is 11.0. The summed E-state index contributed by atoms with van der Waals surface area (Å²) in [5.41, 5.74) is 0.753. The van der Waals surface area contributed by atoms with Crippen LogP contribution in [0.1, 0.15) is 116 Å². The molecule has 5 aliphatic heterocycles. The van der Waals surface area contributed by atoms with Crippen LogP contribution < -0.4 is 0 Å². The first kappa shape index (κ1) is 33.5. The van der Waals surface area contributed by atoms with Gasteiger partial charge in [-0.1, -0.05) is 19.3 Å². The van der Waals surface area contributed by atoms with Gasteiger partial charge < -0.3 is 27.2 Å². The Bertz CT molecular complexity index is 1040. The molecule has 6 nitrogen and oxygen atoms in total. The van der Waals surface area contributed by atoms with Gasteiger partial charge in [0.25, 0.3) is 0 Å². The van der Waals surface area contributed by atoms with Gasteiger partial charge in [-0.15, -0.1) is 0 Å². The van der Waals surface area contributed by atoms with Gasteiger partial charge in [0, 0.05) is 6.42 Å². The normalized spacial score (nSPS) is 44.9. The molecular formula is C37H66O6Si3. The second kappa shape index (κ2) is 13.9. The van der Waals surface area contributed by atoms with Crippen LogP contribution in [0.2, 0.25) is 43.8 Å². The third kappa shape index (κ3) is 8.47. The lowest BCUT2D eigenvalue weighted by atomic mass is 9.77. The summed E-state index contributed by atoms with van der Waals surface area (Å²) in [4.78, 5) is 0. The average Bonchev–Trinajstić information content (AvgIpc) is 3.90. The summed E-state index contributed by atoms with van der Waals surface area (Å²) in [6.07, 6.45) is 28.5. The summed E-state index contributed by atoms with van der Waals surface area (Å²) in [6.45, 7) is 10.1. The summed E-state index contributed by atoms with van der Waals surface area (Å²) in [5, 5.41) is 0. The van der Waals surface area contributed by atoms with E-state index in [-0.39, 0.29) is 0 Å². The molecule has 14 unspecified atom stereocenters. The molecule has 5 heterocycles. The van der Waals surface area contributed by atoms with Crippen LogP contribution in [-0.2, 0) is 27.2 Å². The quantitative estimate of drug-likeness (QED) is 0.113. The van der Waals surface area contributed by atoms with E-state index in [1.807, 2.05) is 0 Å². The van der Waals surface area contributed by atoms with E-state index in [4.69, 9.17) is 27.2 Å². The van der Waals surface area contributed by atoms with Gasteiger partial charge in [0.2, 0.25) is 0 Å². The molecule has 0 aromatic heterocycles. The van der Waals surface area contributed by atoms with Crippen molar-refractivity contribution < 1.29 is 27.2 Å². The van der Waals surface area contributed by atoms with Crippen molar-refractivity contribution in [3.8, 4) is 0 Å². The van der Waals surface area contributed by atoms with Gasteiger partial charge in [0.1, 0.15) is 0 Å². The van der Waals surface area contributed by atoms with Crippen molar-refractivity contribution in [1.29, 1.82) is 0 Å². The molecule has 0 aromatic carbocycles. The summed E-state index contributed by atoms with van der Waals surface area (Å²) in [5.74, 6) is 3.27. The molecule has 4 aliphatic carbocycles. The van der Waals surface area contributed by atoms with Crippen LogP contribution in [0.5, 0.6) is 0 Å². The number of epoxide rings is 3. The summed E-state index contributed by atoms with van der Waals surface area (Å²) in [6, 6.07) is 2.46. The van der Waals surface area contributed by atoms with Gasteiger partial charge in [-0.2, -0.15) is 0 Å². The topological polar surface area (TPSA) is 65.3 Å². The van der Waals surface area contributed by atoms with E-state index in [0.29, 0.717) is 48.8 Å². The van der Waals surface area contributed by atoms with Crippen molar-refractivity contribution in [3.05, 3.63) is 0 Å². The Balaban J connectivity index is 0.910. The number of rotatable bonds is 17. The smallest absolute Gasteiger partial charge is 0.314 e. The highest BCUT2D eigenvalue weighted by atomic mass is 28.5. The Labute approximate surface area is 284 Å². The lowest BCUT2D eigenvalue weighted by Gasteiger charge is -2.47. The molecule has 9 heteroatoms. The second-order valence-corrected chi connectivity index (χ2v) is 29.3. The molecule has 262 valence electrons. The van der Waals surface area contributed by atoms with Gasteiger partial charge in [-0.25, -0.2) is 0 Å². The number of ether oxygens (including phenoxy) is 4. The largest absolute Gasteiger partial charge is 0.439 e. The maximum Gasteiger partial charge on any atom is 0.314 e. The van der Waals surface area contributed by atoms with E-state index in [1.165, 1.54) is 128 Å². The van der Waals surface area contributed by atoms with Gasteiger partial charge in [0.05, 0.1) is 48.8 Å². The molecule has 9 fully saturated rings. The standard InChI is InChI=1S/C37H66O6Si3/c1-44(30(20-27-10-15-33-37(23-27)41-33)7-5-6-28-11-12-29-24-34(28)38-29)42-46(4,19-17-26-9-14-32-36(22-26)40-32)43-45(2,3)18-16-25-8-13-31-35(21-25)39-31/h25-37,44H,5-24H2,1-4H3/t25?,26?,27?,28?,29?,30-,31?,32?,33?,34?,35?,36?,37?,44?,46?/m0/s1. The zero-order valence-electron chi connectivity index (χ0n) is 29.7. The Morgan fingerprint density at radius 1 is 0.630 bits per heavy atom. The van der Waals surface area contributed by atoms with Crippen molar-refractivity contribution in [2.45, 2.75) is 208 Å². The van der Waals surface area contributed by atoms with Crippen LogP contribution >= 0.6 is 0 Å². The Hall–Kier alpha value is 0.411. The summed E-state index contributed by atoms with van der Waals surface area (Å²) >= 11 is 0. The van der Waals surface area contributed by atoms with Crippen molar-refractivity contribution in [1.82, 2.24) is 0 Å². The second-order valence-electron chi connectivity index (χ2n) is 18.4. The predicted molar refractivity (Wildman–Crippen MR) is 189 cm³/mol. The molecule has 46 heavy (non-hydrogen) atoms. The van der Waals surface area contributed by atoms with E-state index in [2.05, 4.69) is 26.2 Å². The molecule has 0 spiro atoms. The SMILES string of the molecule is C[SiH](O[Si](C)(CCC1CCC2OC2C1)O[Si](C)(C)CCC1CCC2OC2C1)[C@@H](CCCC1CCC2CC1O2)CC1CCC2OC2C1. The third-order valence-electron chi connectivity index (χ3n) is 14.1. The Kier molecular flexibility index (Phi) is 10.1. The van der Waals surface area contributed by atoms with Crippen molar-refractivity contribution in [2.24, 2.45) is 23.7 Å². The van der Waals surface area contributed by atoms with E-state index >= 15 is 0 Å². The molecule has 0 N–H and O–H groups in total. The van der Waals surface area contributed by atoms with Crippen LogP contribution in [-0.4, -0.2) is 74.8 Å². The zero-order chi connectivity index (χ0) is 31.5. The number of hydrogen-bond acceptors (Lipinski definition) is 6. The average molecular weight is 691 g/mol. The fraction of sp³-hybridized carbons (Fsp3) is 1.00. The fourth-order valence-corrected chi connectivity index (χ4v) is 25.0. The lowest BCUT2D eigenvalue weighted by Crippen LogP contribution is -2.52. The van der Waals surface area contributed by atoms with Gasteiger partial charge in [-0.3, -0.25) is 0 Å². The van der Waals surface area contributed by atoms with Crippen LogP contribution in [0.25, 0.3) is 0 Å². The molecule has 9 aliphatic rings. The zero-order valence-corrected chi connectivity index (χ0v) is 32.8. The van der Waals surface area contributed by atoms with Crippen molar-refractivity contribution in [2.75, 3.05) is 0 Å². The number of fused-ring (bicyclic) bond motifs is 5. The minimum absolute atomic E-state index is 0.563. The molecule has 5 saturated heterocycles. The highest BCUT2D eigenvalue weighted by Gasteiger charge is 2.49. The Morgan fingerprint density at radius 2 is 1.22 bits per heavy atom. The minimum Gasteiger partial charge on any atom is -0.439 e. The van der Waals surface area contributed by atoms with E-state index < -0.39 is 25.9 Å². The van der Waals surface area contributed by atoms with E-state index in [1.54, 1.807) is 0 Å². The maximum atomic E-state index is 7.61. The summed E-state index contributed by atoms with van der Waals surface area (Å²) in [7, 11) is -5.66. The van der Waals surface area contributed by atoms with Gasteiger partial charge in [-0.05, 0) is 157 Å². The molecular weight excluding hydrogens is 625 g/mol.